The summed E-state index contributed by atoms with van der Waals surface area (Å²) in [5.74, 6) is 0.0969. The number of hydrogen-bond donors (Lipinski definition) is 1. The third kappa shape index (κ3) is 2.53. The zero-order chi connectivity index (χ0) is 14.1. The summed E-state index contributed by atoms with van der Waals surface area (Å²) in [6.07, 6.45) is 0. The highest BCUT2D eigenvalue weighted by atomic mass is 79.9. The number of carbonyl (C=O) groups is 1. The summed E-state index contributed by atoms with van der Waals surface area (Å²) in [5, 5.41) is 11.2. The minimum atomic E-state index is -0.574. The molecule has 3 rings (SSSR count). The molecule has 0 bridgehead atoms. The third-order valence-electron chi connectivity index (χ3n) is 2.78. The Morgan fingerprint density at radius 3 is 2.60 bits per heavy atom. The molecule has 100 valence electrons. The molecule has 0 atom stereocenters. The van der Waals surface area contributed by atoms with E-state index in [0.29, 0.717) is 10.4 Å². The lowest BCUT2D eigenvalue weighted by Crippen LogP contribution is -2.06. The number of rotatable bonds is 2. The van der Waals surface area contributed by atoms with Crippen molar-refractivity contribution in [2.75, 3.05) is 0 Å². The minimum absolute atomic E-state index is 0.118. The molecule has 20 heavy (non-hydrogen) atoms. The molecular formula is C15H9BrO4. The van der Waals surface area contributed by atoms with Crippen LogP contribution in [0.25, 0.3) is 10.8 Å². The van der Waals surface area contributed by atoms with Gasteiger partial charge in [0, 0.05) is 0 Å². The lowest BCUT2D eigenvalue weighted by atomic mass is 10.1. The van der Waals surface area contributed by atoms with Crippen LogP contribution in [0.5, 0.6) is 11.5 Å². The van der Waals surface area contributed by atoms with Gasteiger partial charge in [0.05, 0.1) is 0 Å². The largest absolute Gasteiger partial charge is 0.508 e. The standard InChI is InChI=1S/C15H9BrO4/c16-14-6-5-13(20-14)15(18)19-12-4-2-9-1-3-11(17)7-10(9)8-12/h1-8,17H. The van der Waals surface area contributed by atoms with Crippen LogP contribution in [-0.4, -0.2) is 11.1 Å². The Morgan fingerprint density at radius 1 is 1.05 bits per heavy atom. The number of benzene rings is 2. The summed E-state index contributed by atoms with van der Waals surface area (Å²) in [5.41, 5.74) is 0. The van der Waals surface area contributed by atoms with Crippen LogP contribution >= 0.6 is 15.9 Å². The van der Waals surface area contributed by atoms with Crippen LogP contribution in [-0.2, 0) is 0 Å². The first-order valence-electron chi connectivity index (χ1n) is 5.82. The van der Waals surface area contributed by atoms with E-state index in [1.54, 1.807) is 36.4 Å². The summed E-state index contributed by atoms with van der Waals surface area (Å²) in [6, 6.07) is 13.3. The van der Waals surface area contributed by atoms with Gasteiger partial charge in [0.1, 0.15) is 11.5 Å². The van der Waals surface area contributed by atoms with Gasteiger partial charge in [-0.25, -0.2) is 4.79 Å². The molecule has 2 aromatic carbocycles. The van der Waals surface area contributed by atoms with Crippen molar-refractivity contribution in [2.24, 2.45) is 0 Å². The molecule has 0 unspecified atom stereocenters. The normalized spacial score (nSPS) is 10.7. The number of aromatic hydroxyl groups is 1. The van der Waals surface area contributed by atoms with Crippen molar-refractivity contribution in [3.8, 4) is 11.5 Å². The summed E-state index contributed by atoms with van der Waals surface area (Å²) >= 11 is 3.12. The summed E-state index contributed by atoms with van der Waals surface area (Å²) in [4.78, 5) is 11.8. The molecule has 0 aliphatic carbocycles. The number of esters is 1. The SMILES string of the molecule is O=C(Oc1ccc2ccc(O)cc2c1)c1ccc(Br)o1. The average molecular weight is 333 g/mol. The maximum Gasteiger partial charge on any atom is 0.379 e. The van der Waals surface area contributed by atoms with Crippen LogP contribution in [0.3, 0.4) is 0 Å². The highest BCUT2D eigenvalue weighted by Crippen LogP contribution is 2.25. The zero-order valence-corrected chi connectivity index (χ0v) is 11.8. The van der Waals surface area contributed by atoms with Crippen LogP contribution in [0.15, 0.2) is 57.6 Å². The van der Waals surface area contributed by atoms with Crippen molar-refractivity contribution in [3.63, 3.8) is 0 Å². The maximum atomic E-state index is 11.8. The minimum Gasteiger partial charge on any atom is -0.508 e. The van der Waals surface area contributed by atoms with E-state index in [1.165, 1.54) is 6.07 Å². The molecule has 5 heteroatoms. The third-order valence-corrected chi connectivity index (χ3v) is 3.21. The van der Waals surface area contributed by atoms with Gasteiger partial charge in [0.15, 0.2) is 4.67 Å². The topological polar surface area (TPSA) is 59.7 Å². The van der Waals surface area contributed by atoms with E-state index in [4.69, 9.17) is 9.15 Å². The summed E-state index contributed by atoms with van der Waals surface area (Å²) < 4.78 is 10.8. The highest BCUT2D eigenvalue weighted by Gasteiger charge is 2.13. The first-order valence-corrected chi connectivity index (χ1v) is 6.61. The van der Waals surface area contributed by atoms with Gasteiger partial charge in [-0.3, -0.25) is 0 Å². The molecule has 0 amide bonds. The summed E-state index contributed by atoms with van der Waals surface area (Å²) in [6.45, 7) is 0. The molecule has 0 aliphatic heterocycles. The Hall–Kier alpha value is -2.27. The molecular weight excluding hydrogens is 324 g/mol. The van der Waals surface area contributed by atoms with Gasteiger partial charge in [-0.2, -0.15) is 0 Å². The van der Waals surface area contributed by atoms with Crippen LogP contribution in [0.1, 0.15) is 10.6 Å². The summed E-state index contributed by atoms with van der Waals surface area (Å²) in [7, 11) is 0. The lowest BCUT2D eigenvalue weighted by Gasteiger charge is -2.04. The zero-order valence-electron chi connectivity index (χ0n) is 10.2. The van der Waals surface area contributed by atoms with Crippen LogP contribution < -0.4 is 4.74 Å². The van der Waals surface area contributed by atoms with Crippen molar-refractivity contribution in [1.82, 2.24) is 0 Å². The van der Waals surface area contributed by atoms with Crippen molar-refractivity contribution < 1.29 is 19.1 Å². The molecule has 0 spiro atoms. The van der Waals surface area contributed by atoms with E-state index in [2.05, 4.69) is 15.9 Å². The molecule has 0 radical (unpaired) electrons. The number of phenols is 1. The second-order valence-corrected chi connectivity index (χ2v) is 4.97. The van der Waals surface area contributed by atoms with E-state index in [1.807, 2.05) is 6.07 Å². The van der Waals surface area contributed by atoms with Crippen molar-refractivity contribution >= 4 is 32.7 Å². The smallest absolute Gasteiger partial charge is 0.379 e. The fourth-order valence-corrected chi connectivity index (χ4v) is 2.16. The van der Waals surface area contributed by atoms with Gasteiger partial charge >= 0.3 is 5.97 Å². The number of halogens is 1. The van der Waals surface area contributed by atoms with Gasteiger partial charge in [-0.15, -0.1) is 0 Å². The van der Waals surface area contributed by atoms with Gasteiger partial charge in [-0.05, 0) is 63.1 Å². The Balaban J connectivity index is 1.89. The Morgan fingerprint density at radius 2 is 1.85 bits per heavy atom. The molecule has 0 saturated heterocycles. The van der Waals surface area contributed by atoms with Crippen LogP contribution in [0.4, 0.5) is 0 Å². The predicted octanol–water partition coefficient (Wildman–Crippen LogP) is 4.12. The van der Waals surface area contributed by atoms with Crippen LogP contribution in [0.2, 0.25) is 0 Å². The molecule has 1 aromatic heterocycles. The number of ether oxygens (including phenoxy) is 1. The quantitative estimate of drug-likeness (QED) is 0.566. The molecule has 0 saturated carbocycles. The maximum absolute atomic E-state index is 11.8. The number of hydrogen-bond acceptors (Lipinski definition) is 4. The molecule has 3 aromatic rings. The van der Waals surface area contributed by atoms with Crippen molar-refractivity contribution in [3.05, 3.63) is 59.0 Å². The molecule has 0 fully saturated rings. The first kappa shape index (κ1) is 12.7. The first-order chi connectivity index (χ1) is 9.61. The predicted molar refractivity (Wildman–Crippen MR) is 77.0 cm³/mol. The highest BCUT2D eigenvalue weighted by molar-refractivity contribution is 9.10. The number of furan rings is 1. The number of phenolic OH excluding ortho intramolecular Hbond substituents is 1. The average Bonchev–Trinajstić information content (AvgIpc) is 2.85. The van der Waals surface area contributed by atoms with E-state index in [9.17, 15) is 9.90 Å². The second kappa shape index (κ2) is 5.02. The van der Waals surface area contributed by atoms with Crippen molar-refractivity contribution in [2.45, 2.75) is 0 Å². The number of carbonyl (C=O) groups excluding carboxylic acids is 1. The fraction of sp³-hybridized carbons (Fsp3) is 0. The lowest BCUT2D eigenvalue weighted by molar-refractivity contribution is 0.0700. The second-order valence-electron chi connectivity index (χ2n) is 4.19. The van der Waals surface area contributed by atoms with Gasteiger partial charge in [0.25, 0.3) is 0 Å². The fourth-order valence-electron chi connectivity index (χ4n) is 1.86. The Bertz CT molecular complexity index is 791. The molecule has 4 nitrogen and oxygen atoms in total. The van der Waals surface area contributed by atoms with E-state index in [0.717, 1.165) is 10.8 Å². The molecule has 1 N–H and O–H groups in total. The Labute approximate surface area is 122 Å². The Kier molecular flexibility index (Phi) is 3.20. The number of fused-ring (bicyclic) bond motifs is 1. The van der Waals surface area contributed by atoms with Crippen molar-refractivity contribution in [1.29, 1.82) is 0 Å². The molecule has 0 aliphatic rings. The van der Waals surface area contributed by atoms with Gasteiger partial charge < -0.3 is 14.3 Å². The van der Waals surface area contributed by atoms with E-state index < -0.39 is 5.97 Å². The van der Waals surface area contributed by atoms with E-state index in [-0.39, 0.29) is 11.5 Å². The monoisotopic (exact) mass is 332 g/mol. The van der Waals surface area contributed by atoms with Gasteiger partial charge in [-0.1, -0.05) is 12.1 Å². The van der Waals surface area contributed by atoms with E-state index >= 15 is 0 Å². The van der Waals surface area contributed by atoms with Crippen LogP contribution in [0, 0.1) is 0 Å². The molecule has 1 heterocycles. The van der Waals surface area contributed by atoms with Gasteiger partial charge in [0.2, 0.25) is 5.76 Å².